The molecule has 0 unspecified atom stereocenters. The van der Waals surface area contributed by atoms with Gasteiger partial charge in [-0.3, -0.25) is 0 Å². The topological polar surface area (TPSA) is 21.3 Å². The lowest BCUT2D eigenvalue weighted by molar-refractivity contribution is 0.298. The van der Waals surface area contributed by atoms with Gasteiger partial charge in [0.1, 0.15) is 5.75 Å². The maximum absolute atomic E-state index is 5.85. The van der Waals surface area contributed by atoms with E-state index >= 15 is 0 Å². The minimum absolute atomic E-state index is 0.200. The molecule has 1 aliphatic carbocycles. The van der Waals surface area contributed by atoms with Gasteiger partial charge in [-0.15, -0.1) is 0 Å². The van der Waals surface area contributed by atoms with Gasteiger partial charge in [-0.05, 0) is 82.7 Å². The quantitative estimate of drug-likeness (QED) is 0.816. The molecule has 19 heavy (non-hydrogen) atoms. The molecule has 2 rings (SSSR count). The van der Waals surface area contributed by atoms with Crippen molar-refractivity contribution in [2.45, 2.75) is 58.4 Å². The highest BCUT2D eigenvalue weighted by atomic mass is 16.5. The van der Waals surface area contributed by atoms with Crippen LogP contribution in [0.15, 0.2) is 18.2 Å². The smallest absolute Gasteiger partial charge is 0.119 e. The zero-order valence-electron chi connectivity index (χ0n) is 12.6. The van der Waals surface area contributed by atoms with Gasteiger partial charge in [-0.25, -0.2) is 0 Å². The number of fused-ring (bicyclic) bond motifs is 1. The van der Waals surface area contributed by atoms with Gasteiger partial charge in [0.25, 0.3) is 0 Å². The third-order valence-corrected chi connectivity index (χ3v) is 3.57. The van der Waals surface area contributed by atoms with Gasteiger partial charge in [0, 0.05) is 5.54 Å². The lowest BCUT2D eigenvalue weighted by Crippen LogP contribution is -2.36. The minimum Gasteiger partial charge on any atom is -0.494 e. The van der Waals surface area contributed by atoms with Gasteiger partial charge in [0.05, 0.1) is 6.61 Å². The lowest BCUT2D eigenvalue weighted by Gasteiger charge is -2.20. The summed E-state index contributed by atoms with van der Waals surface area (Å²) >= 11 is 0. The summed E-state index contributed by atoms with van der Waals surface area (Å²) in [5.41, 5.74) is 3.22. The van der Waals surface area contributed by atoms with Crippen LogP contribution in [0.25, 0.3) is 0 Å². The predicted molar refractivity (Wildman–Crippen MR) is 81.0 cm³/mol. The third-order valence-electron chi connectivity index (χ3n) is 3.57. The molecule has 2 nitrogen and oxygen atoms in total. The first-order chi connectivity index (χ1) is 9.04. The minimum atomic E-state index is 0.200. The van der Waals surface area contributed by atoms with Crippen LogP contribution >= 0.6 is 0 Å². The number of benzene rings is 1. The second-order valence-corrected chi connectivity index (χ2v) is 6.52. The Morgan fingerprint density at radius 1 is 1.11 bits per heavy atom. The first-order valence-corrected chi connectivity index (χ1v) is 7.54. The average Bonchev–Trinajstić information content (AvgIpc) is 2.37. The fourth-order valence-electron chi connectivity index (χ4n) is 2.53. The van der Waals surface area contributed by atoms with Gasteiger partial charge >= 0.3 is 0 Å². The molecule has 2 heteroatoms. The molecular formula is C17H27NO. The second kappa shape index (κ2) is 6.42. The molecule has 0 fully saturated rings. The predicted octanol–water partition coefficient (Wildman–Crippen LogP) is 3.72. The van der Waals surface area contributed by atoms with Crippen molar-refractivity contribution in [3.8, 4) is 5.75 Å². The first-order valence-electron chi connectivity index (χ1n) is 7.54. The van der Waals surface area contributed by atoms with E-state index in [1.807, 2.05) is 0 Å². The van der Waals surface area contributed by atoms with Crippen LogP contribution in [0.4, 0.5) is 0 Å². The SMILES string of the molecule is CC(C)(C)NCCCOc1ccc2c(c1)CCCC2. The van der Waals surface area contributed by atoms with E-state index in [-0.39, 0.29) is 5.54 Å². The van der Waals surface area contributed by atoms with E-state index < -0.39 is 0 Å². The van der Waals surface area contributed by atoms with Crippen LogP contribution in [0.5, 0.6) is 5.75 Å². The van der Waals surface area contributed by atoms with Gasteiger partial charge in [0.2, 0.25) is 0 Å². The number of nitrogens with one attached hydrogen (secondary N) is 1. The van der Waals surface area contributed by atoms with Crippen molar-refractivity contribution < 1.29 is 4.74 Å². The van der Waals surface area contributed by atoms with Crippen LogP contribution < -0.4 is 10.1 Å². The molecule has 106 valence electrons. The molecule has 0 amide bonds. The maximum atomic E-state index is 5.85. The van der Waals surface area contributed by atoms with Crippen LogP contribution in [0, 0.1) is 0 Å². The van der Waals surface area contributed by atoms with Gasteiger partial charge in [-0.2, -0.15) is 0 Å². The Morgan fingerprint density at radius 2 is 1.84 bits per heavy atom. The largest absolute Gasteiger partial charge is 0.494 e. The van der Waals surface area contributed by atoms with Crippen molar-refractivity contribution in [2.75, 3.05) is 13.2 Å². The molecule has 0 bridgehead atoms. The Balaban J connectivity index is 1.74. The molecule has 0 heterocycles. The average molecular weight is 261 g/mol. The number of rotatable bonds is 5. The molecule has 0 radical (unpaired) electrons. The van der Waals surface area contributed by atoms with E-state index in [0.29, 0.717) is 0 Å². The van der Waals surface area contributed by atoms with E-state index in [2.05, 4.69) is 44.3 Å². The molecule has 0 atom stereocenters. The zero-order chi connectivity index (χ0) is 13.7. The highest BCUT2D eigenvalue weighted by Crippen LogP contribution is 2.25. The number of aryl methyl sites for hydroxylation is 2. The molecule has 1 N–H and O–H groups in total. The fraction of sp³-hybridized carbons (Fsp3) is 0.647. The van der Waals surface area contributed by atoms with Crippen molar-refractivity contribution in [1.29, 1.82) is 0 Å². The summed E-state index contributed by atoms with van der Waals surface area (Å²) in [6, 6.07) is 6.62. The van der Waals surface area contributed by atoms with Crippen LogP contribution in [0.1, 0.15) is 51.2 Å². The monoisotopic (exact) mass is 261 g/mol. The number of hydrogen-bond acceptors (Lipinski definition) is 2. The summed E-state index contributed by atoms with van der Waals surface area (Å²) < 4.78 is 5.85. The number of hydrogen-bond donors (Lipinski definition) is 1. The summed E-state index contributed by atoms with van der Waals surface area (Å²) in [4.78, 5) is 0. The highest BCUT2D eigenvalue weighted by Gasteiger charge is 2.10. The standard InChI is InChI=1S/C17H27NO/c1-17(2,3)18-11-6-12-19-16-10-9-14-7-4-5-8-15(14)13-16/h9-10,13,18H,4-8,11-12H2,1-3H3. The van der Waals surface area contributed by atoms with Crippen LogP contribution in [0.3, 0.4) is 0 Å². The van der Waals surface area contributed by atoms with Crippen molar-refractivity contribution in [3.05, 3.63) is 29.3 Å². The van der Waals surface area contributed by atoms with Gasteiger partial charge in [0.15, 0.2) is 0 Å². The lowest BCUT2D eigenvalue weighted by atomic mass is 9.92. The molecule has 0 saturated heterocycles. The van der Waals surface area contributed by atoms with Crippen LogP contribution in [-0.2, 0) is 12.8 Å². The molecule has 1 aliphatic rings. The van der Waals surface area contributed by atoms with Crippen molar-refractivity contribution >= 4 is 0 Å². The van der Waals surface area contributed by atoms with E-state index in [1.54, 1.807) is 0 Å². The molecular weight excluding hydrogens is 234 g/mol. The molecule has 0 saturated carbocycles. The fourth-order valence-corrected chi connectivity index (χ4v) is 2.53. The van der Waals surface area contributed by atoms with Gasteiger partial charge < -0.3 is 10.1 Å². The van der Waals surface area contributed by atoms with Gasteiger partial charge in [-0.1, -0.05) is 6.07 Å². The Bertz CT molecular complexity index is 406. The van der Waals surface area contributed by atoms with Crippen molar-refractivity contribution in [3.63, 3.8) is 0 Å². The summed E-state index contributed by atoms with van der Waals surface area (Å²) in [6.07, 6.45) is 6.18. The van der Waals surface area contributed by atoms with E-state index in [0.717, 1.165) is 25.3 Å². The summed E-state index contributed by atoms with van der Waals surface area (Å²) in [7, 11) is 0. The normalized spacial score (nSPS) is 15.1. The molecule has 0 spiro atoms. The van der Waals surface area contributed by atoms with Crippen molar-refractivity contribution in [2.24, 2.45) is 0 Å². The Kier molecular flexibility index (Phi) is 4.87. The number of ether oxygens (including phenoxy) is 1. The summed E-state index contributed by atoms with van der Waals surface area (Å²) in [5.74, 6) is 1.04. The van der Waals surface area contributed by atoms with E-state index in [9.17, 15) is 0 Å². The van der Waals surface area contributed by atoms with Crippen LogP contribution in [-0.4, -0.2) is 18.7 Å². The Morgan fingerprint density at radius 3 is 2.58 bits per heavy atom. The van der Waals surface area contributed by atoms with E-state index in [1.165, 1.54) is 36.8 Å². The first kappa shape index (κ1) is 14.4. The highest BCUT2D eigenvalue weighted by molar-refractivity contribution is 5.37. The maximum Gasteiger partial charge on any atom is 0.119 e. The van der Waals surface area contributed by atoms with E-state index in [4.69, 9.17) is 4.74 Å². The second-order valence-electron chi connectivity index (χ2n) is 6.52. The van der Waals surface area contributed by atoms with Crippen molar-refractivity contribution in [1.82, 2.24) is 5.32 Å². The molecule has 1 aromatic carbocycles. The third kappa shape index (κ3) is 4.87. The summed E-state index contributed by atoms with van der Waals surface area (Å²) in [5, 5.41) is 3.48. The molecule has 0 aliphatic heterocycles. The Labute approximate surface area is 117 Å². The molecule has 1 aromatic rings. The molecule has 0 aromatic heterocycles. The summed E-state index contributed by atoms with van der Waals surface area (Å²) in [6.45, 7) is 8.38. The van der Waals surface area contributed by atoms with Crippen LogP contribution in [0.2, 0.25) is 0 Å². The Hall–Kier alpha value is -1.02. The zero-order valence-corrected chi connectivity index (χ0v) is 12.6.